The zero-order valence-electron chi connectivity index (χ0n) is 6.82. The van der Waals surface area contributed by atoms with Gasteiger partial charge in [0.1, 0.15) is 0 Å². The number of anilines is 1. The van der Waals surface area contributed by atoms with E-state index in [2.05, 4.69) is 12.2 Å². The first-order valence-corrected chi connectivity index (χ1v) is 4.12. The summed E-state index contributed by atoms with van der Waals surface area (Å²) in [6.45, 7) is 2.10. The Balaban J connectivity index is 3.13. The van der Waals surface area contributed by atoms with Crippen LogP contribution in [0.1, 0.15) is 12.5 Å². The fraction of sp³-hybridized carbons (Fsp3) is 0.333. The van der Waals surface area contributed by atoms with E-state index in [9.17, 15) is 0 Å². The molecule has 0 fully saturated rings. The lowest BCUT2D eigenvalue weighted by Gasteiger charge is -2.07. The van der Waals surface area contributed by atoms with E-state index in [4.69, 9.17) is 11.6 Å². The summed E-state index contributed by atoms with van der Waals surface area (Å²) >= 11 is 5.97. The predicted molar refractivity (Wildman–Crippen MR) is 50.4 cm³/mol. The number of rotatable bonds is 2. The molecule has 0 aliphatic heterocycles. The minimum absolute atomic E-state index is 0.847. The van der Waals surface area contributed by atoms with Gasteiger partial charge in [-0.15, -0.1) is 0 Å². The van der Waals surface area contributed by atoms with E-state index in [1.54, 1.807) is 0 Å². The highest BCUT2D eigenvalue weighted by Gasteiger charge is 2.01. The third-order valence-electron chi connectivity index (χ3n) is 1.74. The van der Waals surface area contributed by atoms with E-state index >= 15 is 0 Å². The Bertz CT molecular complexity index is 245. The number of hydrogen-bond acceptors (Lipinski definition) is 1. The fourth-order valence-electron chi connectivity index (χ4n) is 1.15. The van der Waals surface area contributed by atoms with Crippen LogP contribution in [-0.4, -0.2) is 7.05 Å². The molecule has 1 N–H and O–H groups in total. The van der Waals surface area contributed by atoms with E-state index in [1.807, 2.05) is 25.2 Å². The highest BCUT2D eigenvalue weighted by atomic mass is 35.5. The molecule has 0 amide bonds. The molecule has 11 heavy (non-hydrogen) atoms. The van der Waals surface area contributed by atoms with E-state index in [-0.39, 0.29) is 0 Å². The van der Waals surface area contributed by atoms with Crippen LogP contribution < -0.4 is 5.32 Å². The Morgan fingerprint density at radius 1 is 1.45 bits per heavy atom. The molecule has 1 nitrogen and oxygen atoms in total. The normalized spacial score (nSPS) is 9.73. The summed E-state index contributed by atoms with van der Waals surface area (Å²) in [4.78, 5) is 0. The minimum atomic E-state index is 0.847. The molecule has 0 atom stereocenters. The van der Waals surface area contributed by atoms with Crippen LogP contribution in [0, 0.1) is 0 Å². The van der Waals surface area contributed by atoms with Gasteiger partial charge in [-0.25, -0.2) is 0 Å². The predicted octanol–water partition coefficient (Wildman–Crippen LogP) is 2.94. The van der Waals surface area contributed by atoms with Gasteiger partial charge >= 0.3 is 0 Å². The molecule has 0 aliphatic carbocycles. The van der Waals surface area contributed by atoms with Crippen LogP contribution >= 0.6 is 11.6 Å². The van der Waals surface area contributed by atoms with Crippen molar-refractivity contribution in [3.63, 3.8) is 0 Å². The van der Waals surface area contributed by atoms with Gasteiger partial charge in [-0.3, -0.25) is 0 Å². The van der Waals surface area contributed by atoms with Crippen LogP contribution in [0.2, 0.25) is 5.02 Å². The Morgan fingerprint density at radius 3 is 2.64 bits per heavy atom. The standard InChI is InChI=1S/C9H12ClN/c1-3-7-8(10)5-4-6-9(7)11-2/h4-6,11H,3H2,1-2H3. The van der Waals surface area contributed by atoms with Crippen molar-refractivity contribution in [1.29, 1.82) is 0 Å². The second-order valence-corrected chi connectivity index (χ2v) is 2.78. The Morgan fingerprint density at radius 2 is 2.18 bits per heavy atom. The van der Waals surface area contributed by atoms with Crippen molar-refractivity contribution >= 4 is 17.3 Å². The van der Waals surface area contributed by atoms with Gasteiger partial charge in [0.25, 0.3) is 0 Å². The van der Waals surface area contributed by atoms with E-state index < -0.39 is 0 Å². The first-order valence-electron chi connectivity index (χ1n) is 3.74. The minimum Gasteiger partial charge on any atom is -0.388 e. The third-order valence-corrected chi connectivity index (χ3v) is 2.10. The topological polar surface area (TPSA) is 12.0 Å². The summed E-state index contributed by atoms with van der Waals surface area (Å²) < 4.78 is 0. The summed E-state index contributed by atoms with van der Waals surface area (Å²) in [7, 11) is 1.91. The molecular formula is C9H12ClN. The van der Waals surface area contributed by atoms with Gasteiger partial charge in [0, 0.05) is 17.8 Å². The molecule has 1 rings (SSSR count). The molecule has 0 saturated heterocycles. The summed E-state index contributed by atoms with van der Waals surface area (Å²) in [6, 6.07) is 5.90. The van der Waals surface area contributed by atoms with Gasteiger partial charge in [0.2, 0.25) is 0 Å². The van der Waals surface area contributed by atoms with Crippen molar-refractivity contribution in [3.8, 4) is 0 Å². The van der Waals surface area contributed by atoms with Crippen molar-refractivity contribution in [2.75, 3.05) is 12.4 Å². The van der Waals surface area contributed by atoms with Gasteiger partial charge < -0.3 is 5.32 Å². The summed E-state index contributed by atoms with van der Waals surface area (Å²) in [6.07, 6.45) is 0.968. The summed E-state index contributed by atoms with van der Waals surface area (Å²) in [5, 5.41) is 3.95. The molecule has 0 bridgehead atoms. The van der Waals surface area contributed by atoms with Gasteiger partial charge in [0.15, 0.2) is 0 Å². The van der Waals surface area contributed by atoms with Crippen molar-refractivity contribution in [2.45, 2.75) is 13.3 Å². The lowest BCUT2D eigenvalue weighted by molar-refractivity contribution is 1.14. The zero-order valence-corrected chi connectivity index (χ0v) is 7.57. The van der Waals surface area contributed by atoms with Crippen molar-refractivity contribution in [2.24, 2.45) is 0 Å². The monoisotopic (exact) mass is 169 g/mol. The Labute approximate surface area is 72.4 Å². The van der Waals surface area contributed by atoms with Gasteiger partial charge in [0.05, 0.1) is 0 Å². The van der Waals surface area contributed by atoms with Crippen molar-refractivity contribution in [3.05, 3.63) is 28.8 Å². The average Bonchev–Trinajstić information content (AvgIpc) is 2.04. The molecule has 0 saturated carbocycles. The van der Waals surface area contributed by atoms with E-state index in [0.717, 1.165) is 17.1 Å². The fourth-order valence-corrected chi connectivity index (χ4v) is 1.46. The molecule has 0 aliphatic rings. The SMILES string of the molecule is CCc1c(Cl)cccc1NC. The van der Waals surface area contributed by atoms with Crippen LogP contribution in [0.4, 0.5) is 5.69 Å². The van der Waals surface area contributed by atoms with Crippen LogP contribution in [0.25, 0.3) is 0 Å². The number of hydrogen-bond donors (Lipinski definition) is 1. The molecule has 0 radical (unpaired) electrons. The second kappa shape index (κ2) is 3.63. The quantitative estimate of drug-likeness (QED) is 0.718. The highest BCUT2D eigenvalue weighted by molar-refractivity contribution is 6.31. The second-order valence-electron chi connectivity index (χ2n) is 2.37. The lowest BCUT2D eigenvalue weighted by Crippen LogP contribution is -1.94. The molecule has 60 valence electrons. The van der Waals surface area contributed by atoms with Crippen LogP contribution in [0.5, 0.6) is 0 Å². The molecule has 2 heteroatoms. The largest absolute Gasteiger partial charge is 0.388 e. The first kappa shape index (κ1) is 8.41. The zero-order chi connectivity index (χ0) is 8.27. The van der Waals surface area contributed by atoms with E-state index in [0.29, 0.717) is 0 Å². The van der Waals surface area contributed by atoms with Crippen LogP contribution in [-0.2, 0) is 6.42 Å². The lowest BCUT2D eigenvalue weighted by atomic mass is 10.1. The van der Waals surface area contributed by atoms with Gasteiger partial charge in [-0.1, -0.05) is 24.6 Å². The first-order chi connectivity index (χ1) is 5.29. The molecule has 0 spiro atoms. The van der Waals surface area contributed by atoms with Crippen LogP contribution in [0.3, 0.4) is 0 Å². The molecular weight excluding hydrogens is 158 g/mol. The van der Waals surface area contributed by atoms with Crippen molar-refractivity contribution < 1.29 is 0 Å². The maximum absolute atomic E-state index is 5.97. The molecule has 0 heterocycles. The number of benzene rings is 1. The van der Waals surface area contributed by atoms with Gasteiger partial charge in [-0.05, 0) is 24.1 Å². The summed E-state index contributed by atoms with van der Waals surface area (Å²) in [5.41, 5.74) is 2.32. The molecule has 1 aromatic rings. The molecule has 0 unspecified atom stereocenters. The van der Waals surface area contributed by atoms with Crippen LogP contribution in [0.15, 0.2) is 18.2 Å². The number of halogens is 1. The Kier molecular flexibility index (Phi) is 2.77. The smallest absolute Gasteiger partial charge is 0.0458 e. The Hall–Kier alpha value is -0.690. The third kappa shape index (κ3) is 1.66. The molecule has 0 aromatic heterocycles. The highest BCUT2D eigenvalue weighted by Crippen LogP contribution is 2.23. The van der Waals surface area contributed by atoms with Gasteiger partial charge in [-0.2, -0.15) is 0 Å². The number of nitrogens with one attached hydrogen (secondary N) is 1. The maximum Gasteiger partial charge on any atom is 0.0458 e. The summed E-state index contributed by atoms with van der Waals surface area (Å²) in [5.74, 6) is 0. The van der Waals surface area contributed by atoms with Crippen molar-refractivity contribution in [1.82, 2.24) is 0 Å². The maximum atomic E-state index is 5.97. The average molecular weight is 170 g/mol. The van der Waals surface area contributed by atoms with E-state index in [1.165, 1.54) is 5.56 Å². The molecule has 1 aromatic carbocycles.